The van der Waals surface area contributed by atoms with E-state index >= 15 is 0 Å². The fourth-order valence-electron chi connectivity index (χ4n) is 1.51. The molecule has 2 aromatic rings. The van der Waals surface area contributed by atoms with Crippen LogP contribution >= 0.6 is 34.8 Å². The fraction of sp³-hybridized carbons (Fsp3) is 0. The molecule has 0 heterocycles. The Morgan fingerprint density at radius 2 is 1.70 bits per heavy atom. The summed E-state index contributed by atoms with van der Waals surface area (Å²) in [5.41, 5.74) is 7.10. The van der Waals surface area contributed by atoms with Crippen molar-refractivity contribution in [2.45, 2.75) is 0 Å². The van der Waals surface area contributed by atoms with Gasteiger partial charge in [-0.2, -0.15) is 0 Å². The Morgan fingerprint density at radius 1 is 0.950 bits per heavy atom. The summed E-state index contributed by atoms with van der Waals surface area (Å²) in [6.07, 6.45) is 0. The maximum Gasteiger partial charge on any atom is 0.323 e. The molecule has 0 radical (unpaired) electrons. The van der Waals surface area contributed by atoms with Crippen LogP contribution in [0.2, 0.25) is 15.1 Å². The van der Waals surface area contributed by atoms with Crippen LogP contribution in [0, 0.1) is 0 Å². The zero-order valence-electron chi connectivity index (χ0n) is 10.1. The molecule has 0 aromatic heterocycles. The number of hydrogen-bond donors (Lipinski definition) is 3. The highest BCUT2D eigenvalue weighted by Gasteiger charge is 2.07. The van der Waals surface area contributed by atoms with Gasteiger partial charge in [0.2, 0.25) is 0 Å². The number of carbonyl (C=O) groups excluding carboxylic acids is 1. The monoisotopic (exact) mass is 329 g/mol. The molecule has 7 heteroatoms. The highest BCUT2D eigenvalue weighted by atomic mass is 35.5. The molecule has 0 saturated carbocycles. The first kappa shape index (κ1) is 14.8. The van der Waals surface area contributed by atoms with Gasteiger partial charge in [0.25, 0.3) is 0 Å². The molecule has 0 aliphatic heterocycles. The second kappa shape index (κ2) is 6.22. The van der Waals surface area contributed by atoms with E-state index < -0.39 is 6.03 Å². The lowest BCUT2D eigenvalue weighted by atomic mass is 10.2. The maximum atomic E-state index is 11.8. The van der Waals surface area contributed by atoms with E-state index in [9.17, 15) is 4.79 Å². The lowest BCUT2D eigenvalue weighted by molar-refractivity contribution is 0.262. The van der Waals surface area contributed by atoms with Crippen molar-refractivity contribution < 1.29 is 4.79 Å². The quantitative estimate of drug-likeness (QED) is 0.687. The molecule has 2 aromatic carbocycles. The summed E-state index contributed by atoms with van der Waals surface area (Å²) in [6.45, 7) is 0. The smallest absolute Gasteiger partial charge is 0.323 e. The Balaban J connectivity index is 2.07. The predicted molar refractivity (Wildman–Crippen MR) is 85.0 cm³/mol. The van der Waals surface area contributed by atoms with Crippen molar-refractivity contribution in [3.05, 3.63) is 51.5 Å². The van der Waals surface area contributed by atoms with Gasteiger partial charge in [-0.3, -0.25) is 0 Å². The van der Waals surface area contributed by atoms with E-state index in [-0.39, 0.29) is 0 Å². The molecule has 20 heavy (non-hydrogen) atoms. The fourth-order valence-corrected chi connectivity index (χ4v) is 1.98. The van der Waals surface area contributed by atoms with Crippen molar-refractivity contribution in [3.63, 3.8) is 0 Å². The van der Waals surface area contributed by atoms with Gasteiger partial charge in [0.15, 0.2) is 0 Å². The summed E-state index contributed by atoms with van der Waals surface area (Å²) in [5, 5.41) is 6.50. The molecular weight excluding hydrogens is 321 g/mol. The van der Waals surface area contributed by atoms with Crippen molar-refractivity contribution >= 4 is 57.9 Å². The van der Waals surface area contributed by atoms with E-state index in [1.807, 2.05) is 0 Å². The highest BCUT2D eigenvalue weighted by Crippen LogP contribution is 2.26. The summed E-state index contributed by atoms with van der Waals surface area (Å²) in [5.74, 6) is 0. The van der Waals surface area contributed by atoms with Crippen molar-refractivity contribution in [2.75, 3.05) is 16.4 Å². The SMILES string of the molecule is Nc1cc(Cl)ccc1NC(=O)Nc1ccc(Cl)c(Cl)c1. The molecule has 0 spiro atoms. The Kier molecular flexibility index (Phi) is 4.60. The third-order valence-electron chi connectivity index (χ3n) is 2.44. The number of anilines is 3. The molecule has 0 unspecified atom stereocenters. The molecule has 4 N–H and O–H groups in total. The summed E-state index contributed by atoms with van der Waals surface area (Å²) >= 11 is 17.4. The predicted octanol–water partition coefficient (Wildman–Crippen LogP) is 4.87. The maximum absolute atomic E-state index is 11.8. The number of hydrogen-bond acceptors (Lipinski definition) is 2. The van der Waals surface area contributed by atoms with Crippen LogP contribution in [-0.4, -0.2) is 6.03 Å². The van der Waals surface area contributed by atoms with Gasteiger partial charge in [0, 0.05) is 10.7 Å². The van der Waals surface area contributed by atoms with Crippen molar-refractivity contribution in [1.29, 1.82) is 0 Å². The first-order chi connectivity index (χ1) is 9.45. The van der Waals surface area contributed by atoms with Gasteiger partial charge in [-0.05, 0) is 36.4 Å². The third kappa shape index (κ3) is 3.70. The molecule has 4 nitrogen and oxygen atoms in total. The minimum Gasteiger partial charge on any atom is -0.397 e. The molecule has 0 bridgehead atoms. The highest BCUT2D eigenvalue weighted by molar-refractivity contribution is 6.42. The third-order valence-corrected chi connectivity index (χ3v) is 3.41. The molecule has 0 aliphatic rings. The van der Waals surface area contributed by atoms with E-state index in [1.165, 1.54) is 0 Å². The summed E-state index contributed by atoms with van der Waals surface area (Å²) in [6, 6.07) is 9.14. The topological polar surface area (TPSA) is 67.1 Å². The van der Waals surface area contributed by atoms with Crippen LogP contribution in [0.5, 0.6) is 0 Å². The largest absolute Gasteiger partial charge is 0.397 e. The number of nitrogens with two attached hydrogens (primary N) is 1. The minimum absolute atomic E-state index is 0.357. The number of halogens is 3. The number of amides is 2. The van der Waals surface area contributed by atoms with Crippen LogP contribution in [0.15, 0.2) is 36.4 Å². The van der Waals surface area contributed by atoms with Crippen molar-refractivity contribution in [3.8, 4) is 0 Å². The van der Waals surface area contributed by atoms with Gasteiger partial charge >= 0.3 is 6.03 Å². The number of rotatable bonds is 2. The number of urea groups is 1. The molecule has 0 aliphatic carbocycles. The van der Waals surface area contributed by atoms with Gasteiger partial charge < -0.3 is 16.4 Å². The van der Waals surface area contributed by atoms with Crippen LogP contribution < -0.4 is 16.4 Å². The van der Waals surface area contributed by atoms with E-state index in [0.29, 0.717) is 32.1 Å². The Bertz CT molecular complexity index is 661. The number of nitrogens with one attached hydrogen (secondary N) is 2. The van der Waals surface area contributed by atoms with E-state index in [4.69, 9.17) is 40.5 Å². The minimum atomic E-state index is -0.447. The lowest BCUT2D eigenvalue weighted by Gasteiger charge is -2.10. The Labute approximate surface area is 130 Å². The Hall–Kier alpha value is -1.62. The van der Waals surface area contributed by atoms with Crippen molar-refractivity contribution in [1.82, 2.24) is 0 Å². The van der Waals surface area contributed by atoms with Gasteiger partial charge in [0.1, 0.15) is 0 Å². The zero-order valence-corrected chi connectivity index (χ0v) is 12.4. The molecular formula is C13H10Cl3N3O. The second-order valence-electron chi connectivity index (χ2n) is 3.94. The number of carbonyl (C=O) groups is 1. The molecule has 2 rings (SSSR count). The van der Waals surface area contributed by atoms with Gasteiger partial charge in [-0.1, -0.05) is 34.8 Å². The van der Waals surface area contributed by atoms with Gasteiger partial charge in [0.05, 0.1) is 21.4 Å². The van der Waals surface area contributed by atoms with Crippen LogP contribution in [0.1, 0.15) is 0 Å². The number of benzene rings is 2. The van der Waals surface area contributed by atoms with Crippen LogP contribution in [0.3, 0.4) is 0 Å². The molecule has 104 valence electrons. The lowest BCUT2D eigenvalue weighted by Crippen LogP contribution is -2.20. The van der Waals surface area contributed by atoms with Gasteiger partial charge in [-0.15, -0.1) is 0 Å². The molecule has 0 fully saturated rings. The Morgan fingerprint density at radius 3 is 2.35 bits per heavy atom. The first-order valence-electron chi connectivity index (χ1n) is 5.54. The summed E-state index contributed by atoms with van der Waals surface area (Å²) in [7, 11) is 0. The standard InChI is InChI=1S/C13H10Cl3N3O/c14-7-1-4-12(11(17)5-7)19-13(20)18-8-2-3-9(15)10(16)6-8/h1-6H,17H2,(H2,18,19,20). The van der Waals surface area contributed by atoms with Gasteiger partial charge in [-0.25, -0.2) is 4.79 Å². The van der Waals surface area contributed by atoms with E-state index in [2.05, 4.69) is 10.6 Å². The second-order valence-corrected chi connectivity index (χ2v) is 5.19. The first-order valence-corrected chi connectivity index (χ1v) is 6.67. The van der Waals surface area contributed by atoms with E-state index in [1.54, 1.807) is 36.4 Å². The molecule has 2 amide bonds. The normalized spacial score (nSPS) is 10.2. The summed E-state index contributed by atoms with van der Waals surface area (Å²) < 4.78 is 0. The average molecular weight is 331 g/mol. The molecule has 0 saturated heterocycles. The van der Waals surface area contributed by atoms with Crippen LogP contribution in [0.25, 0.3) is 0 Å². The molecule has 0 atom stereocenters. The average Bonchev–Trinajstić information content (AvgIpc) is 2.37. The van der Waals surface area contributed by atoms with E-state index in [0.717, 1.165) is 0 Å². The van der Waals surface area contributed by atoms with Crippen molar-refractivity contribution in [2.24, 2.45) is 0 Å². The van der Waals surface area contributed by atoms with Crippen LogP contribution in [0.4, 0.5) is 21.9 Å². The summed E-state index contributed by atoms with van der Waals surface area (Å²) in [4.78, 5) is 11.8. The zero-order chi connectivity index (χ0) is 14.7. The van der Waals surface area contributed by atoms with Crippen LogP contribution in [-0.2, 0) is 0 Å². The number of nitrogen functional groups attached to an aromatic ring is 1.